The van der Waals surface area contributed by atoms with E-state index in [1.165, 1.54) is 0 Å². The summed E-state index contributed by atoms with van der Waals surface area (Å²) in [5.41, 5.74) is 6.37. The molecule has 5 nitrogen and oxygen atoms in total. The topological polar surface area (TPSA) is 68.3 Å². The van der Waals surface area contributed by atoms with E-state index in [2.05, 4.69) is 0 Å². The quantitative estimate of drug-likeness (QED) is 0.908. The highest BCUT2D eigenvalue weighted by atomic mass is 16.2. The number of para-hydroxylation sites is 1. The molecule has 2 N–H and O–H groups in total. The number of amides is 2. The fourth-order valence-corrected chi connectivity index (χ4v) is 2.88. The second kappa shape index (κ2) is 5.00. The number of aromatic nitrogens is 1. The minimum Gasteiger partial charge on any atom is -0.368 e. The van der Waals surface area contributed by atoms with Crippen molar-refractivity contribution in [2.24, 2.45) is 5.73 Å². The monoisotopic (exact) mass is 271 g/mol. The van der Waals surface area contributed by atoms with Crippen LogP contribution in [0.25, 0.3) is 10.9 Å². The summed E-state index contributed by atoms with van der Waals surface area (Å²) in [7, 11) is 0. The number of fused-ring (bicyclic) bond motifs is 1. The zero-order chi connectivity index (χ0) is 14.1. The number of benzene rings is 1. The van der Waals surface area contributed by atoms with Crippen LogP contribution in [0.15, 0.2) is 36.5 Å². The lowest BCUT2D eigenvalue weighted by molar-refractivity contribution is -0.137. The number of nitrogens with zero attached hydrogens (tertiary/aromatic N) is 2. The van der Waals surface area contributed by atoms with E-state index in [9.17, 15) is 9.59 Å². The Balaban J connectivity index is 1.80. The van der Waals surface area contributed by atoms with Crippen LogP contribution in [-0.4, -0.2) is 33.9 Å². The first-order valence-electron chi connectivity index (χ1n) is 6.79. The highest BCUT2D eigenvalue weighted by Gasteiger charge is 2.32. The van der Waals surface area contributed by atoms with Gasteiger partial charge in [0.05, 0.1) is 0 Å². The van der Waals surface area contributed by atoms with Gasteiger partial charge in [0.25, 0.3) is 0 Å². The summed E-state index contributed by atoms with van der Waals surface area (Å²) >= 11 is 0. The summed E-state index contributed by atoms with van der Waals surface area (Å²) < 4.78 is 1.91. The van der Waals surface area contributed by atoms with Crippen molar-refractivity contribution in [1.82, 2.24) is 9.47 Å². The van der Waals surface area contributed by atoms with Crippen LogP contribution in [0.2, 0.25) is 0 Å². The van der Waals surface area contributed by atoms with Crippen molar-refractivity contribution in [1.29, 1.82) is 0 Å². The third kappa shape index (κ3) is 2.15. The van der Waals surface area contributed by atoms with Gasteiger partial charge in [-0.1, -0.05) is 18.2 Å². The molecule has 0 bridgehead atoms. The van der Waals surface area contributed by atoms with Crippen molar-refractivity contribution < 1.29 is 9.59 Å². The lowest BCUT2D eigenvalue weighted by atomic mass is 10.2. The molecule has 1 aliphatic heterocycles. The van der Waals surface area contributed by atoms with E-state index in [1.807, 2.05) is 41.1 Å². The molecular weight excluding hydrogens is 254 g/mol. The Kier molecular flexibility index (Phi) is 3.18. The van der Waals surface area contributed by atoms with Crippen LogP contribution in [0.5, 0.6) is 0 Å². The summed E-state index contributed by atoms with van der Waals surface area (Å²) in [6, 6.07) is 9.46. The molecule has 1 aliphatic rings. The van der Waals surface area contributed by atoms with Gasteiger partial charge in [0.1, 0.15) is 12.6 Å². The molecule has 2 heterocycles. The van der Waals surface area contributed by atoms with Gasteiger partial charge in [-0.3, -0.25) is 9.59 Å². The molecule has 5 heteroatoms. The molecule has 20 heavy (non-hydrogen) atoms. The average molecular weight is 271 g/mol. The van der Waals surface area contributed by atoms with E-state index in [4.69, 9.17) is 5.73 Å². The Morgan fingerprint density at radius 1 is 1.25 bits per heavy atom. The molecule has 0 aliphatic carbocycles. The van der Waals surface area contributed by atoms with E-state index in [0.29, 0.717) is 13.0 Å². The number of hydrogen-bond acceptors (Lipinski definition) is 2. The summed E-state index contributed by atoms with van der Waals surface area (Å²) in [5.74, 6) is -0.458. The van der Waals surface area contributed by atoms with E-state index in [0.717, 1.165) is 17.3 Å². The number of carbonyl (C=O) groups is 2. The molecule has 0 spiro atoms. The van der Waals surface area contributed by atoms with E-state index < -0.39 is 11.9 Å². The smallest absolute Gasteiger partial charge is 0.243 e. The molecular formula is C15H17N3O2. The largest absolute Gasteiger partial charge is 0.368 e. The minimum atomic E-state index is -0.440. The predicted octanol–water partition coefficient (Wildman–Crippen LogP) is 1.12. The molecule has 1 saturated heterocycles. The van der Waals surface area contributed by atoms with Crippen LogP contribution in [0.4, 0.5) is 0 Å². The standard InChI is InChI=1S/C15H17N3O2/c16-15(20)13-6-3-8-18(13)14(19)10-17-9-7-11-4-1-2-5-12(11)17/h1-2,4-5,7,9,13H,3,6,8,10H2,(H2,16,20)/t13-/m1/s1. The van der Waals surface area contributed by atoms with Gasteiger partial charge in [0, 0.05) is 18.3 Å². The summed E-state index contributed by atoms with van der Waals surface area (Å²) in [5, 5.41) is 1.10. The van der Waals surface area contributed by atoms with E-state index >= 15 is 0 Å². The summed E-state index contributed by atoms with van der Waals surface area (Å²) in [6.07, 6.45) is 3.41. The molecule has 2 aromatic rings. The van der Waals surface area contributed by atoms with E-state index in [-0.39, 0.29) is 12.5 Å². The first kappa shape index (κ1) is 12.7. The molecule has 1 aromatic carbocycles. The zero-order valence-electron chi connectivity index (χ0n) is 11.2. The maximum absolute atomic E-state index is 12.4. The third-order valence-electron chi connectivity index (χ3n) is 3.89. The first-order chi connectivity index (χ1) is 9.66. The first-order valence-corrected chi connectivity index (χ1v) is 6.79. The molecule has 0 saturated carbocycles. The molecule has 1 aromatic heterocycles. The Labute approximate surface area is 117 Å². The van der Waals surface area contributed by atoms with Crippen LogP contribution >= 0.6 is 0 Å². The Bertz CT molecular complexity index is 662. The van der Waals surface area contributed by atoms with Gasteiger partial charge in [-0.15, -0.1) is 0 Å². The van der Waals surface area contributed by atoms with E-state index in [1.54, 1.807) is 4.90 Å². The molecule has 0 unspecified atom stereocenters. The molecule has 2 amide bonds. The fraction of sp³-hybridized carbons (Fsp3) is 0.333. The lowest BCUT2D eigenvalue weighted by Gasteiger charge is -2.22. The van der Waals surface area contributed by atoms with Crippen molar-refractivity contribution in [3.63, 3.8) is 0 Å². The van der Waals surface area contributed by atoms with Crippen LogP contribution in [0.1, 0.15) is 12.8 Å². The van der Waals surface area contributed by atoms with Gasteiger partial charge in [0.15, 0.2) is 0 Å². The fourth-order valence-electron chi connectivity index (χ4n) is 2.88. The summed E-state index contributed by atoms with van der Waals surface area (Å²) in [6.45, 7) is 0.864. The van der Waals surface area contributed by atoms with Gasteiger partial charge in [-0.25, -0.2) is 0 Å². The molecule has 0 radical (unpaired) electrons. The van der Waals surface area contributed by atoms with Gasteiger partial charge in [-0.2, -0.15) is 0 Å². The molecule has 1 fully saturated rings. The van der Waals surface area contributed by atoms with Gasteiger partial charge in [-0.05, 0) is 30.4 Å². The maximum Gasteiger partial charge on any atom is 0.243 e. The Morgan fingerprint density at radius 2 is 2.05 bits per heavy atom. The number of nitrogens with two attached hydrogens (primary N) is 1. The van der Waals surface area contributed by atoms with Crippen molar-refractivity contribution in [2.75, 3.05) is 6.54 Å². The average Bonchev–Trinajstić information content (AvgIpc) is 3.06. The number of carbonyl (C=O) groups excluding carboxylic acids is 2. The number of likely N-dealkylation sites (tertiary alicyclic amines) is 1. The maximum atomic E-state index is 12.4. The third-order valence-corrected chi connectivity index (χ3v) is 3.89. The van der Waals surface area contributed by atoms with Crippen LogP contribution in [-0.2, 0) is 16.1 Å². The highest BCUT2D eigenvalue weighted by molar-refractivity contribution is 5.88. The Hall–Kier alpha value is -2.30. The van der Waals surface area contributed by atoms with Crippen molar-refractivity contribution in [2.45, 2.75) is 25.4 Å². The number of primary amides is 1. The van der Waals surface area contributed by atoms with Crippen LogP contribution in [0, 0.1) is 0 Å². The van der Waals surface area contributed by atoms with Gasteiger partial charge >= 0.3 is 0 Å². The number of rotatable bonds is 3. The molecule has 1 atom stereocenters. The highest BCUT2D eigenvalue weighted by Crippen LogP contribution is 2.19. The van der Waals surface area contributed by atoms with Gasteiger partial charge in [0.2, 0.25) is 11.8 Å². The molecule has 3 rings (SSSR count). The lowest BCUT2D eigenvalue weighted by Crippen LogP contribution is -2.44. The minimum absolute atomic E-state index is 0.0485. The second-order valence-corrected chi connectivity index (χ2v) is 5.15. The zero-order valence-corrected chi connectivity index (χ0v) is 11.2. The second-order valence-electron chi connectivity index (χ2n) is 5.15. The Morgan fingerprint density at radius 3 is 2.85 bits per heavy atom. The van der Waals surface area contributed by atoms with Crippen LogP contribution in [0.3, 0.4) is 0 Å². The van der Waals surface area contributed by atoms with Crippen molar-refractivity contribution in [3.05, 3.63) is 36.5 Å². The number of hydrogen-bond donors (Lipinski definition) is 1. The normalized spacial score (nSPS) is 18.6. The summed E-state index contributed by atoms with van der Waals surface area (Å²) in [4.78, 5) is 25.3. The van der Waals surface area contributed by atoms with Gasteiger partial charge < -0.3 is 15.2 Å². The predicted molar refractivity (Wildman–Crippen MR) is 75.9 cm³/mol. The van der Waals surface area contributed by atoms with Crippen molar-refractivity contribution in [3.8, 4) is 0 Å². The van der Waals surface area contributed by atoms with Crippen LogP contribution < -0.4 is 5.73 Å². The SMILES string of the molecule is NC(=O)[C@H]1CCCN1C(=O)Cn1ccc2ccccc21. The van der Waals surface area contributed by atoms with Crippen molar-refractivity contribution >= 4 is 22.7 Å². The molecule has 104 valence electrons.